The molecule has 0 spiro atoms. The Balaban J connectivity index is 1.19. The number of nitrogens with one attached hydrogen (secondary N) is 1. The molecule has 0 aliphatic carbocycles. The summed E-state index contributed by atoms with van der Waals surface area (Å²) in [6.45, 7) is 4.63. The summed E-state index contributed by atoms with van der Waals surface area (Å²) in [6, 6.07) is 28.3. The topological polar surface area (TPSA) is 87.2 Å². The van der Waals surface area contributed by atoms with E-state index in [1.54, 1.807) is 24.3 Å². The van der Waals surface area contributed by atoms with Crippen molar-refractivity contribution in [3.05, 3.63) is 130 Å². The van der Waals surface area contributed by atoms with Gasteiger partial charge in [0.1, 0.15) is 24.7 Å². The monoisotopic (exact) mass is 583 g/mol. The van der Waals surface area contributed by atoms with Crippen molar-refractivity contribution < 1.29 is 23.4 Å². The minimum Gasteiger partial charge on any atom is -0.493 e. The predicted molar refractivity (Wildman–Crippen MR) is 162 cm³/mol. The molecule has 5 aromatic rings. The maximum atomic E-state index is 12.7. The van der Waals surface area contributed by atoms with Crippen LogP contribution in [0.15, 0.2) is 101 Å². The molecule has 1 N–H and O–H groups in total. The van der Waals surface area contributed by atoms with Gasteiger partial charge < -0.3 is 23.2 Å². The number of carbonyl (C=O) groups is 1. The van der Waals surface area contributed by atoms with Crippen LogP contribution in [-0.2, 0) is 13.2 Å². The molecule has 0 aliphatic rings. The quantitative estimate of drug-likeness (QED) is 0.130. The predicted octanol–water partition coefficient (Wildman–Crippen LogP) is 7.27. The lowest BCUT2D eigenvalue weighted by Gasteiger charge is -2.14. The van der Waals surface area contributed by atoms with Gasteiger partial charge in [0.15, 0.2) is 17.3 Å². The molecular weight excluding hydrogens is 554 g/mol. The van der Waals surface area contributed by atoms with Crippen molar-refractivity contribution in [2.45, 2.75) is 27.1 Å². The Morgan fingerprint density at radius 1 is 0.929 bits per heavy atom. The highest BCUT2D eigenvalue weighted by atomic mass is 35.5. The molecule has 8 nitrogen and oxygen atoms in total. The first-order valence-electron chi connectivity index (χ1n) is 13.3. The van der Waals surface area contributed by atoms with E-state index in [1.165, 1.54) is 13.3 Å². The van der Waals surface area contributed by atoms with Gasteiger partial charge >= 0.3 is 5.91 Å². The van der Waals surface area contributed by atoms with Gasteiger partial charge in [0.05, 0.1) is 13.3 Å². The molecule has 0 fully saturated rings. The van der Waals surface area contributed by atoms with Crippen LogP contribution in [0.4, 0.5) is 0 Å². The lowest BCUT2D eigenvalue weighted by atomic mass is 10.2. The third-order valence-corrected chi connectivity index (χ3v) is 6.71. The molecule has 0 saturated heterocycles. The van der Waals surface area contributed by atoms with E-state index in [0.717, 1.165) is 22.6 Å². The van der Waals surface area contributed by atoms with E-state index in [0.29, 0.717) is 40.2 Å². The molecule has 0 aliphatic heterocycles. The van der Waals surface area contributed by atoms with E-state index in [2.05, 4.69) is 41.1 Å². The zero-order valence-electron chi connectivity index (χ0n) is 23.5. The van der Waals surface area contributed by atoms with Crippen LogP contribution in [0.1, 0.15) is 38.8 Å². The normalized spacial score (nSPS) is 11.0. The molecule has 2 heterocycles. The average molecular weight is 584 g/mol. The first kappa shape index (κ1) is 28.6. The van der Waals surface area contributed by atoms with Gasteiger partial charge in [-0.1, -0.05) is 41.9 Å². The summed E-state index contributed by atoms with van der Waals surface area (Å²) < 4.78 is 25.2. The van der Waals surface area contributed by atoms with Crippen molar-refractivity contribution in [3.63, 3.8) is 0 Å². The largest absolute Gasteiger partial charge is 0.493 e. The Hall–Kier alpha value is -4.95. The molecule has 214 valence electrons. The van der Waals surface area contributed by atoms with Crippen LogP contribution < -0.4 is 19.6 Å². The van der Waals surface area contributed by atoms with Crippen molar-refractivity contribution in [2.24, 2.45) is 5.10 Å². The fourth-order valence-corrected chi connectivity index (χ4v) is 4.65. The van der Waals surface area contributed by atoms with Crippen LogP contribution in [0, 0.1) is 13.8 Å². The van der Waals surface area contributed by atoms with Crippen molar-refractivity contribution in [1.29, 1.82) is 0 Å². The summed E-state index contributed by atoms with van der Waals surface area (Å²) in [5.74, 6) is 1.68. The number of hydrogen-bond acceptors (Lipinski definition) is 6. The first-order chi connectivity index (χ1) is 20.4. The number of carbonyl (C=O) groups excluding carboxylic acids is 1. The number of nitrogens with zero attached hydrogens (tertiary/aromatic N) is 2. The van der Waals surface area contributed by atoms with Crippen LogP contribution in [-0.4, -0.2) is 23.8 Å². The van der Waals surface area contributed by atoms with E-state index >= 15 is 0 Å². The highest BCUT2D eigenvalue weighted by Crippen LogP contribution is 2.34. The minimum absolute atomic E-state index is 0.101. The summed E-state index contributed by atoms with van der Waals surface area (Å²) in [7, 11) is 1.53. The zero-order valence-corrected chi connectivity index (χ0v) is 24.2. The number of hydrogen-bond donors (Lipinski definition) is 1. The first-order valence-corrected chi connectivity index (χ1v) is 13.6. The molecule has 0 unspecified atom stereocenters. The Labute approximate surface area is 249 Å². The van der Waals surface area contributed by atoms with Crippen LogP contribution >= 0.6 is 11.6 Å². The second kappa shape index (κ2) is 13.1. The Kier molecular flexibility index (Phi) is 8.94. The van der Waals surface area contributed by atoms with Crippen molar-refractivity contribution >= 4 is 23.7 Å². The van der Waals surface area contributed by atoms with Gasteiger partial charge in [0, 0.05) is 33.7 Å². The third kappa shape index (κ3) is 6.85. The number of methoxy groups -OCH3 is 1. The number of furan rings is 1. The lowest BCUT2D eigenvalue weighted by molar-refractivity contribution is 0.0923. The molecule has 9 heteroatoms. The third-order valence-electron chi connectivity index (χ3n) is 6.50. The maximum absolute atomic E-state index is 12.7. The highest BCUT2D eigenvalue weighted by Gasteiger charge is 2.14. The highest BCUT2D eigenvalue weighted by molar-refractivity contribution is 6.31. The number of hydrazone groups is 1. The SMILES string of the molecule is COc1cc(Cl)cc(C=NNC(=O)c2ccc(COc3ccc(-n4c(C)ccc4C)cc3)o2)c1OCc1ccccc1. The maximum Gasteiger partial charge on any atom is 0.307 e. The summed E-state index contributed by atoms with van der Waals surface area (Å²) in [5, 5.41) is 4.52. The number of ether oxygens (including phenoxy) is 3. The molecule has 42 heavy (non-hydrogen) atoms. The van der Waals surface area contributed by atoms with Gasteiger partial charge in [-0.05, 0) is 74.0 Å². The van der Waals surface area contributed by atoms with E-state index < -0.39 is 5.91 Å². The zero-order chi connectivity index (χ0) is 29.5. The molecular formula is C33H30ClN3O5. The second-order valence-corrected chi connectivity index (χ2v) is 9.94. The average Bonchev–Trinajstić information content (AvgIpc) is 3.62. The van der Waals surface area contributed by atoms with Crippen LogP contribution in [0.2, 0.25) is 5.02 Å². The smallest absolute Gasteiger partial charge is 0.307 e. The van der Waals surface area contributed by atoms with Gasteiger partial charge in [-0.3, -0.25) is 4.79 Å². The van der Waals surface area contributed by atoms with Crippen LogP contribution in [0.25, 0.3) is 5.69 Å². The molecule has 2 aromatic heterocycles. The molecule has 0 bridgehead atoms. The summed E-state index contributed by atoms with van der Waals surface area (Å²) in [6.07, 6.45) is 1.44. The molecule has 1 amide bonds. The number of aryl methyl sites for hydroxylation is 2. The van der Waals surface area contributed by atoms with Crippen molar-refractivity contribution in [3.8, 4) is 22.9 Å². The van der Waals surface area contributed by atoms with Gasteiger partial charge in [-0.15, -0.1) is 0 Å². The number of aromatic nitrogens is 1. The Bertz CT molecular complexity index is 1670. The number of benzene rings is 3. The fourth-order valence-electron chi connectivity index (χ4n) is 4.44. The van der Waals surface area contributed by atoms with Crippen LogP contribution in [0.5, 0.6) is 17.2 Å². The Morgan fingerprint density at radius 2 is 1.67 bits per heavy atom. The van der Waals surface area contributed by atoms with Gasteiger partial charge in [-0.2, -0.15) is 5.10 Å². The van der Waals surface area contributed by atoms with Gasteiger partial charge in [0.25, 0.3) is 0 Å². The molecule has 3 aromatic carbocycles. The summed E-state index contributed by atoms with van der Waals surface area (Å²) >= 11 is 6.26. The molecule has 0 atom stereocenters. The van der Waals surface area contributed by atoms with Gasteiger partial charge in [-0.25, -0.2) is 5.43 Å². The van der Waals surface area contributed by atoms with E-state index in [9.17, 15) is 4.79 Å². The minimum atomic E-state index is -0.514. The van der Waals surface area contributed by atoms with E-state index in [4.69, 9.17) is 30.2 Å². The van der Waals surface area contributed by atoms with Crippen molar-refractivity contribution in [2.75, 3.05) is 7.11 Å². The standard InChI is InChI=1S/C33H30ClN3O5/c1-22-9-10-23(2)37(22)27-11-13-28(14-12-27)40-21-29-15-16-30(42-29)33(38)36-35-19-25-17-26(34)18-31(39-3)32(25)41-20-24-7-5-4-6-8-24/h4-19H,20-21H2,1-3H3,(H,36,38). The van der Waals surface area contributed by atoms with Gasteiger partial charge in [0.2, 0.25) is 0 Å². The summed E-state index contributed by atoms with van der Waals surface area (Å²) in [5.41, 5.74) is 7.39. The molecule has 0 saturated carbocycles. The summed E-state index contributed by atoms with van der Waals surface area (Å²) in [4.78, 5) is 12.7. The number of halogens is 1. The second-order valence-electron chi connectivity index (χ2n) is 9.50. The number of amides is 1. The van der Waals surface area contributed by atoms with E-state index in [-0.39, 0.29) is 12.4 Å². The molecule has 0 radical (unpaired) electrons. The lowest BCUT2D eigenvalue weighted by Crippen LogP contribution is -2.17. The Morgan fingerprint density at radius 3 is 2.38 bits per heavy atom. The van der Waals surface area contributed by atoms with Crippen LogP contribution in [0.3, 0.4) is 0 Å². The van der Waals surface area contributed by atoms with Crippen molar-refractivity contribution in [1.82, 2.24) is 9.99 Å². The van der Waals surface area contributed by atoms with E-state index in [1.807, 2.05) is 54.6 Å². The molecule has 5 rings (SSSR count). The number of rotatable bonds is 11. The fraction of sp³-hybridized carbons (Fsp3) is 0.152.